The topological polar surface area (TPSA) is 68.1 Å². The fourth-order valence-corrected chi connectivity index (χ4v) is 7.09. The van der Waals surface area contributed by atoms with Crippen molar-refractivity contribution >= 4 is 80.4 Å². The second-order valence-electron chi connectivity index (χ2n) is 10.3. The number of thioether (sulfide) groups is 1. The molecule has 1 unspecified atom stereocenters. The standard InChI is InChI=1S/C34H21Cl3N4O2S/c1-19-10-15-27-22(16-19)17-25(30(37)38-27)34-41(33(43)29(44-34)18-21-6-2-4-8-26(21)36)40-31(20-11-13-23(35)14-12-20)39-28-9-5-3-7-24(28)32(40)42/h2-18,34H,1H3. The molecule has 0 spiro atoms. The average molecular weight is 656 g/mol. The van der Waals surface area contributed by atoms with Crippen molar-refractivity contribution < 1.29 is 4.79 Å². The number of pyridine rings is 1. The number of amides is 1. The first kappa shape index (κ1) is 28.6. The Morgan fingerprint density at radius 2 is 1.57 bits per heavy atom. The van der Waals surface area contributed by atoms with Gasteiger partial charge in [0.2, 0.25) is 0 Å². The van der Waals surface area contributed by atoms with E-state index in [0.29, 0.717) is 42.5 Å². The Morgan fingerprint density at radius 3 is 2.36 bits per heavy atom. The van der Waals surface area contributed by atoms with Crippen LogP contribution in [0.15, 0.2) is 107 Å². The molecule has 1 atom stereocenters. The van der Waals surface area contributed by atoms with Gasteiger partial charge in [-0.15, -0.1) is 0 Å². The van der Waals surface area contributed by atoms with Crippen molar-refractivity contribution in [2.24, 2.45) is 0 Å². The fourth-order valence-electron chi connectivity index (χ4n) is 5.23. The predicted molar refractivity (Wildman–Crippen MR) is 181 cm³/mol. The highest BCUT2D eigenvalue weighted by atomic mass is 35.5. The minimum Gasteiger partial charge on any atom is -0.267 e. The number of carbonyl (C=O) groups is 1. The van der Waals surface area contributed by atoms with Crippen LogP contribution in [0.1, 0.15) is 22.1 Å². The second kappa shape index (κ2) is 11.4. The van der Waals surface area contributed by atoms with Crippen molar-refractivity contribution in [2.45, 2.75) is 12.3 Å². The first-order valence-corrected chi connectivity index (χ1v) is 15.6. The summed E-state index contributed by atoms with van der Waals surface area (Å²) in [6.07, 6.45) is 1.73. The number of carbonyl (C=O) groups excluding carboxylic acids is 1. The van der Waals surface area contributed by atoms with Gasteiger partial charge in [0.1, 0.15) is 10.5 Å². The van der Waals surface area contributed by atoms with Crippen LogP contribution in [0.5, 0.6) is 0 Å². The Labute approximate surface area is 271 Å². The van der Waals surface area contributed by atoms with Gasteiger partial charge in [-0.2, -0.15) is 4.68 Å². The third kappa shape index (κ3) is 5.06. The summed E-state index contributed by atoms with van der Waals surface area (Å²) >= 11 is 20.8. The molecule has 3 heterocycles. The maximum absolute atomic E-state index is 14.5. The smallest absolute Gasteiger partial charge is 0.267 e. The van der Waals surface area contributed by atoms with Crippen molar-refractivity contribution in [3.05, 3.63) is 144 Å². The quantitative estimate of drug-likeness (QED) is 0.140. The van der Waals surface area contributed by atoms with Gasteiger partial charge in [-0.1, -0.05) is 88.5 Å². The molecule has 1 aliphatic rings. The summed E-state index contributed by atoms with van der Waals surface area (Å²) in [6, 6.07) is 29.1. The normalized spacial score (nSPS) is 16.0. The molecule has 0 aliphatic carbocycles. The molecule has 0 bridgehead atoms. The van der Waals surface area contributed by atoms with E-state index in [4.69, 9.17) is 39.8 Å². The zero-order valence-corrected chi connectivity index (χ0v) is 26.1. The highest BCUT2D eigenvalue weighted by Gasteiger charge is 2.42. The zero-order chi connectivity index (χ0) is 30.5. The summed E-state index contributed by atoms with van der Waals surface area (Å²) < 4.78 is 1.34. The summed E-state index contributed by atoms with van der Waals surface area (Å²) in [5.74, 6) is -0.126. The molecule has 4 aromatic carbocycles. The minimum absolute atomic E-state index is 0.227. The highest BCUT2D eigenvalue weighted by molar-refractivity contribution is 8.05. The number of halogens is 3. The van der Waals surface area contributed by atoms with Crippen LogP contribution in [0.2, 0.25) is 15.2 Å². The van der Waals surface area contributed by atoms with Gasteiger partial charge in [-0.25, -0.2) is 15.0 Å². The van der Waals surface area contributed by atoms with Crippen LogP contribution < -0.4 is 10.6 Å². The average Bonchev–Trinajstić information content (AvgIpc) is 3.33. The maximum atomic E-state index is 14.5. The molecule has 1 fully saturated rings. The van der Waals surface area contributed by atoms with Gasteiger partial charge in [-0.3, -0.25) is 9.59 Å². The van der Waals surface area contributed by atoms with Crippen LogP contribution in [-0.2, 0) is 4.79 Å². The van der Waals surface area contributed by atoms with Gasteiger partial charge in [0.05, 0.1) is 21.3 Å². The molecule has 2 aromatic heterocycles. The van der Waals surface area contributed by atoms with Crippen molar-refractivity contribution in [1.29, 1.82) is 0 Å². The van der Waals surface area contributed by atoms with E-state index >= 15 is 0 Å². The second-order valence-corrected chi connectivity index (χ2v) is 12.6. The predicted octanol–water partition coefficient (Wildman–Crippen LogP) is 8.83. The molecule has 1 aliphatic heterocycles. The van der Waals surface area contributed by atoms with Crippen LogP contribution >= 0.6 is 46.6 Å². The summed E-state index contributed by atoms with van der Waals surface area (Å²) in [5.41, 5.74) is 3.73. The van der Waals surface area contributed by atoms with Crippen LogP contribution in [-0.4, -0.2) is 20.6 Å². The van der Waals surface area contributed by atoms with Crippen molar-refractivity contribution in [3.63, 3.8) is 0 Å². The van der Waals surface area contributed by atoms with Crippen LogP contribution in [0.25, 0.3) is 39.3 Å². The SMILES string of the molecule is Cc1ccc2nc(Cl)c(C3SC(=Cc4ccccc4Cl)C(=O)N3n3c(-c4ccc(Cl)cc4)nc4ccccc4c3=O)cc2c1. The molecule has 1 saturated heterocycles. The molecular formula is C34H21Cl3N4O2S. The molecule has 216 valence electrons. The Hall–Kier alpha value is -4.14. The molecule has 6 nitrogen and oxygen atoms in total. The third-order valence-electron chi connectivity index (χ3n) is 7.36. The molecule has 6 aromatic rings. The van der Waals surface area contributed by atoms with Crippen LogP contribution in [0.3, 0.4) is 0 Å². The number of aryl methyl sites for hydroxylation is 1. The summed E-state index contributed by atoms with van der Waals surface area (Å²) in [7, 11) is 0. The number of aromatic nitrogens is 3. The lowest BCUT2D eigenvalue weighted by Gasteiger charge is -2.28. The third-order valence-corrected chi connectivity index (χ3v) is 9.48. The van der Waals surface area contributed by atoms with E-state index in [0.717, 1.165) is 16.5 Å². The summed E-state index contributed by atoms with van der Waals surface area (Å²) in [4.78, 5) is 38.8. The molecule has 1 amide bonds. The fraction of sp³-hybridized carbons (Fsp3) is 0.0588. The van der Waals surface area contributed by atoms with Gasteiger partial charge >= 0.3 is 0 Å². The molecule has 0 radical (unpaired) electrons. The zero-order valence-electron chi connectivity index (χ0n) is 23.0. The lowest BCUT2D eigenvalue weighted by atomic mass is 10.1. The van der Waals surface area contributed by atoms with Crippen LogP contribution in [0, 0.1) is 6.92 Å². The Morgan fingerprint density at radius 1 is 0.818 bits per heavy atom. The Kier molecular flexibility index (Phi) is 7.42. The number of para-hydroxylation sites is 1. The molecule has 0 saturated carbocycles. The van der Waals surface area contributed by atoms with E-state index in [9.17, 15) is 9.59 Å². The molecule has 10 heteroatoms. The molecule has 44 heavy (non-hydrogen) atoms. The minimum atomic E-state index is -0.757. The number of hydrogen-bond donors (Lipinski definition) is 0. The number of fused-ring (bicyclic) bond motifs is 2. The van der Waals surface area contributed by atoms with Gasteiger partial charge in [0.25, 0.3) is 11.5 Å². The lowest BCUT2D eigenvalue weighted by Crippen LogP contribution is -2.46. The van der Waals surface area contributed by atoms with E-state index in [1.807, 2.05) is 55.5 Å². The Bertz CT molecular complexity index is 2220. The van der Waals surface area contributed by atoms with Crippen LogP contribution in [0.4, 0.5) is 0 Å². The number of rotatable bonds is 4. The van der Waals surface area contributed by atoms with E-state index < -0.39 is 16.8 Å². The van der Waals surface area contributed by atoms with E-state index in [-0.39, 0.29) is 11.0 Å². The van der Waals surface area contributed by atoms with Crippen molar-refractivity contribution in [2.75, 3.05) is 5.01 Å². The lowest BCUT2D eigenvalue weighted by molar-refractivity contribution is -0.115. The van der Waals surface area contributed by atoms with E-state index in [1.165, 1.54) is 21.4 Å². The Balaban J connectivity index is 1.51. The first-order chi connectivity index (χ1) is 21.3. The number of hydrogen-bond acceptors (Lipinski definition) is 5. The summed E-state index contributed by atoms with van der Waals surface area (Å²) in [5, 5.41) is 3.15. The van der Waals surface area contributed by atoms with Gasteiger partial charge in [-0.05, 0) is 79.2 Å². The highest BCUT2D eigenvalue weighted by Crippen LogP contribution is 2.48. The first-order valence-electron chi connectivity index (χ1n) is 13.6. The van der Waals surface area contributed by atoms with E-state index in [1.54, 1.807) is 54.6 Å². The van der Waals surface area contributed by atoms with Gasteiger partial charge < -0.3 is 0 Å². The van der Waals surface area contributed by atoms with Gasteiger partial charge in [0.15, 0.2) is 5.82 Å². The monoisotopic (exact) mass is 654 g/mol. The van der Waals surface area contributed by atoms with E-state index in [2.05, 4.69) is 4.98 Å². The maximum Gasteiger partial charge on any atom is 0.280 e. The molecule has 7 rings (SSSR count). The molecular weight excluding hydrogens is 635 g/mol. The van der Waals surface area contributed by atoms with Crippen molar-refractivity contribution in [1.82, 2.24) is 14.6 Å². The summed E-state index contributed by atoms with van der Waals surface area (Å²) in [6.45, 7) is 2.00. The number of nitrogens with zero attached hydrogens (tertiary/aromatic N) is 4. The molecule has 0 N–H and O–H groups in total. The number of benzene rings is 4. The van der Waals surface area contributed by atoms with Gasteiger partial charge in [0, 0.05) is 26.6 Å². The van der Waals surface area contributed by atoms with Crippen molar-refractivity contribution in [3.8, 4) is 11.4 Å². The largest absolute Gasteiger partial charge is 0.280 e.